The summed E-state index contributed by atoms with van der Waals surface area (Å²) in [5.74, 6) is -0.328. The van der Waals surface area contributed by atoms with Crippen LogP contribution in [0, 0.1) is 13.8 Å². The van der Waals surface area contributed by atoms with E-state index in [1.165, 1.54) is 39.9 Å². The lowest BCUT2D eigenvalue weighted by atomic mass is 9.85. The molecule has 3 aromatic carbocycles. The molecular formula is C36H35N3O3. The molecule has 6 heteroatoms. The highest BCUT2D eigenvalue weighted by Gasteiger charge is 2.24. The van der Waals surface area contributed by atoms with Crippen LogP contribution in [-0.4, -0.2) is 27.3 Å². The monoisotopic (exact) mass is 557 g/mol. The number of Topliss-reactive ketones (excluding diaryl/α,β-unsaturated/α-hetero) is 3. The van der Waals surface area contributed by atoms with Crippen molar-refractivity contribution in [3.63, 3.8) is 0 Å². The minimum Gasteiger partial charge on any atom is -0.398 e. The quantitative estimate of drug-likeness (QED) is 0.131. The van der Waals surface area contributed by atoms with Gasteiger partial charge in [-0.1, -0.05) is 48.5 Å². The summed E-state index contributed by atoms with van der Waals surface area (Å²) in [5.41, 5.74) is 16.4. The highest BCUT2D eigenvalue weighted by atomic mass is 16.2. The predicted molar refractivity (Wildman–Crippen MR) is 169 cm³/mol. The number of anilines is 1. The Hall–Kier alpha value is -4.71. The van der Waals surface area contributed by atoms with Crippen molar-refractivity contribution in [2.45, 2.75) is 59.3 Å². The van der Waals surface area contributed by atoms with Gasteiger partial charge in [0.05, 0.1) is 22.4 Å². The predicted octanol–water partition coefficient (Wildman–Crippen LogP) is 7.34. The van der Waals surface area contributed by atoms with Crippen LogP contribution in [-0.2, 0) is 22.4 Å². The minimum absolute atomic E-state index is 0.0121. The average molecular weight is 558 g/mol. The van der Waals surface area contributed by atoms with E-state index in [0.717, 1.165) is 48.1 Å². The molecule has 1 saturated carbocycles. The van der Waals surface area contributed by atoms with E-state index in [2.05, 4.69) is 62.4 Å². The largest absolute Gasteiger partial charge is 0.398 e. The second-order valence-electron chi connectivity index (χ2n) is 10.9. The van der Waals surface area contributed by atoms with Crippen LogP contribution in [0.1, 0.15) is 65.2 Å². The van der Waals surface area contributed by atoms with Gasteiger partial charge in [0.25, 0.3) is 0 Å². The molecule has 2 heterocycles. The van der Waals surface area contributed by atoms with Crippen LogP contribution in [0.4, 0.5) is 5.69 Å². The zero-order chi connectivity index (χ0) is 29.8. The van der Waals surface area contributed by atoms with Crippen LogP contribution in [0.3, 0.4) is 0 Å². The lowest BCUT2D eigenvalue weighted by Gasteiger charge is -2.23. The van der Waals surface area contributed by atoms with Crippen LogP contribution >= 0.6 is 0 Å². The molecule has 2 N–H and O–H groups in total. The van der Waals surface area contributed by atoms with Gasteiger partial charge in [-0.25, -0.2) is 9.97 Å². The molecule has 0 atom stereocenters. The number of fused-ring (bicyclic) bond motifs is 5. The third-order valence-corrected chi connectivity index (χ3v) is 8.12. The number of pyridine rings is 2. The van der Waals surface area contributed by atoms with E-state index >= 15 is 0 Å². The molecule has 0 saturated heterocycles. The summed E-state index contributed by atoms with van der Waals surface area (Å²) in [5, 5.41) is 2.52. The highest BCUT2D eigenvalue weighted by molar-refractivity contribution is 6.37. The van der Waals surface area contributed by atoms with Crippen molar-refractivity contribution < 1.29 is 14.4 Å². The zero-order valence-corrected chi connectivity index (χ0v) is 24.4. The number of aryl methyl sites for hydroxylation is 2. The number of aromatic nitrogens is 2. The number of carbonyl (C=O) groups is 3. The Morgan fingerprint density at radius 1 is 0.643 bits per heavy atom. The molecule has 0 spiro atoms. The molecule has 0 aliphatic heterocycles. The van der Waals surface area contributed by atoms with Gasteiger partial charge in [-0.05, 0) is 93.0 Å². The number of carbonyl (C=O) groups excluding carboxylic acids is 3. The summed E-state index contributed by atoms with van der Waals surface area (Å²) in [4.78, 5) is 41.7. The van der Waals surface area contributed by atoms with E-state index in [-0.39, 0.29) is 17.3 Å². The molecule has 0 amide bonds. The van der Waals surface area contributed by atoms with E-state index in [1.807, 2.05) is 6.07 Å². The summed E-state index contributed by atoms with van der Waals surface area (Å²) in [6, 6.07) is 23.9. The summed E-state index contributed by atoms with van der Waals surface area (Å²) in [6.07, 6.45) is 4.88. The van der Waals surface area contributed by atoms with Crippen molar-refractivity contribution in [1.82, 2.24) is 9.97 Å². The maximum absolute atomic E-state index is 10.8. The highest BCUT2D eigenvalue weighted by Crippen LogP contribution is 2.38. The van der Waals surface area contributed by atoms with Crippen LogP contribution in [0.25, 0.3) is 33.2 Å². The van der Waals surface area contributed by atoms with Crippen LogP contribution in [0.5, 0.6) is 0 Å². The van der Waals surface area contributed by atoms with E-state index < -0.39 is 0 Å². The van der Waals surface area contributed by atoms with Crippen molar-refractivity contribution in [1.29, 1.82) is 0 Å². The van der Waals surface area contributed by atoms with Crippen molar-refractivity contribution in [3.8, 4) is 11.4 Å². The Morgan fingerprint density at radius 3 is 1.48 bits per heavy atom. The third kappa shape index (κ3) is 5.84. The Bertz CT molecular complexity index is 1730. The number of nitrogen functional groups attached to an aromatic ring is 1. The number of benzene rings is 3. The standard InChI is InChI=1S/C22H18N2.C8H9NO.C6H8O2/c1-13-15-7-3-5-9-19(15)23-21-17(13)11-12-18-14(2)16-8-4-6-10-20(16)24-22(18)21;1-6(10)7-4-2-3-5-8(7)9;7-5-3-1-2-4-6(5)8/h3-10H,11-12H2,1-2H3;2-5H,9H2,1H3;1-4H2. The Balaban J connectivity index is 0.000000161. The SMILES string of the molecule is CC(=O)c1ccccc1N.Cc1c2c(nc3ccccc13)-c1nc3ccccc3c(C)c1CC2.O=C1CCCCC1=O. The molecule has 2 aliphatic carbocycles. The zero-order valence-electron chi connectivity index (χ0n) is 24.4. The summed E-state index contributed by atoms with van der Waals surface area (Å²) in [7, 11) is 0. The number of ketones is 3. The molecular weight excluding hydrogens is 522 g/mol. The Morgan fingerprint density at radius 2 is 1.07 bits per heavy atom. The first-order chi connectivity index (χ1) is 20.3. The third-order valence-electron chi connectivity index (χ3n) is 8.12. The van der Waals surface area contributed by atoms with E-state index in [4.69, 9.17) is 15.7 Å². The molecule has 42 heavy (non-hydrogen) atoms. The minimum atomic E-state index is -0.170. The molecule has 0 unspecified atom stereocenters. The molecule has 212 valence electrons. The fraction of sp³-hybridized carbons (Fsp3) is 0.250. The Kier molecular flexibility index (Phi) is 8.53. The van der Waals surface area contributed by atoms with Gasteiger partial charge in [-0.3, -0.25) is 14.4 Å². The van der Waals surface area contributed by atoms with E-state index in [9.17, 15) is 14.4 Å². The molecule has 2 aromatic heterocycles. The Labute approximate surface area is 246 Å². The first kappa shape index (κ1) is 28.8. The number of nitrogens with two attached hydrogens (primary N) is 1. The normalized spacial score (nSPS) is 13.8. The molecule has 2 aliphatic rings. The molecule has 5 aromatic rings. The number of hydrogen-bond acceptors (Lipinski definition) is 6. The van der Waals surface area contributed by atoms with Crippen LogP contribution < -0.4 is 5.73 Å². The second-order valence-corrected chi connectivity index (χ2v) is 10.9. The van der Waals surface area contributed by atoms with E-state index in [0.29, 0.717) is 24.1 Å². The van der Waals surface area contributed by atoms with Gasteiger partial charge < -0.3 is 5.73 Å². The van der Waals surface area contributed by atoms with Crippen molar-refractivity contribution in [3.05, 3.63) is 101 Å². The van der Waals surface area contributed by atoms with Gasteiger partial charge >= 0.3 is 0 Å². The molecule has 6 nitrogen and oxygen atoms in total. The first-order valence-corrected chi connectivity index (χ1v) is 14.4. The van der Waals surface area contributed by atoms with Gasteiger partial charge in [0, 0.05) is 34.9 Å². The first-order valence-electron chi connectivity index (χ1n) is 14.4. The average Bonchev–Trinajstić information content (AvgIpc) is 3.00. The maximum Gasteiger partial charge on any atom is 0.198 e. The van der Waals surface area contributed by atoms with Crippen molar-refractivity contribution >= 4 is 44.8 Å². The summed E-state index contributed by atoms with van der Waals surface area (Å²) in [6.45, 7) is 5.95. The second kappa shape index (κ2) is 12.4. The van der Waals surface area contributed by atoms with Gasteiger partial charge in [-0.2, -0.15) is 0 Å². The lowest BCUT2D eigenvalue weighted by molar-refractivity contribution is -0.137. The van der Waals surface area contributed by atoms with Gasteiger partial charge in [0.15, 0.2) is 17.3 Å². The van der Waals surface area contributed by atoms with Crippen molar-refractivity contribution in [2.24, 2.45) is 0 Å². The fourth-order valence-electron chi connectivity index (χ4n) is 5.75. The van der Waals surface area contributed by atoms with Gasteiger partial charge in [-0.15, -0.1) is 0 Å². The van der Waals surface area contributed by atoms with Gasteiger partial charge in [0.1, 0.15) is 0 Å². The molecule has 7 rings (SSSR count). The molecule has 0 radical (unpaired) electrons. The fourth-order valence-corrected chi connectivity index (χ4v) is 5.75. The topological polar surface area (TPSA) is 103 Å². The number of hydrogen-bond donors (Lipinski definition) is 1. The number of nitrogens with zero attached hydrogens (tertiary/aromatic N) is 2. The van der Waals surface area contributed by atoms with Crippen LogP contribution in [0.2, 0.25) is 0 Å². The summed E-state index contributed by atoms with van der Waals surface area (Å²) >= 11 is 0. The number of para-hydroxylation sites is 3. The lowest BCUT2D eigenvalue weighted by Crippen LogP contribution is -2.17. The van der Waals surface area contributed by atoms with Crippen molar-refractivity contribution in [2.75, 3.05) is 5.73 Å². The van der Waals surface area contributed by atoms with E-state index in [1.54, 1.807) is 18.2 Å². The smallest absolute Gasteiger partial charge is 0.198 e. The van der Waals surface area contributed by atoms with Crippen LogP contribution in [0.15, 0.2) is 72.8 Å². The summed E-state index contributed by atoms with van der Waals surface area (Å²) < 4.78 is 0. The van der Waals surface area contributed by atoms with Gasteiger partial charge in [0.2, 0.25) is 0 Å². The maximum atomic E-state index is 10.8. The molecule has 0 bridgehead atoms. The number of rotatable bonds is 1. The molecule has 1 fully saturated rings.